The Labute approximate surface area is 158 Å². The van der Waals surface area contributed by atoms with Crippen molar-refractivity contribution in [2.45, 2.75) is 25.3 Å². The van der Waals surface area contributed by atoms with Gasteiger partial charge in [-0.1, -0.05) is 0 Å². The molecule has 142 valence electrons. The number of aliphatic carboxylic acids is 1. The molecule has 3 rings (SSSR count). The van der Waals surface area contributed by atoms with E-state index < -0.39 is 17.0 Å². The summed E-state index contributed by atoms with van der Waals surface area (Å²) < 4.78 is 25.3. The van der Waals surface area contributed by atoms with Crippen LogP contribution in [0, 0.1) is 13.8 Å². The SMILES string of the molecule is COc1ccc2c(c1)ncn2S(=O)c1nc(CC(=O)O)c(C)c(OC)c1C. The van der Waals surface area contributed by atoms with E-state index in [1.165, 1.54) is 17.4 Å². The van der Waals surface area contributed by atoms with E-state index in [0.29, 0.717) is 39.4 Å². The number of carbonyl (C=O) groups is 1. The Kier molecular flexibility index (Phi) is 5.13. The lowest BCUT2D eigenvalue weighted by Gasteiger charge is -2.15. The van der Waals surface area contributed by atoms with E-state index in [1.807, 2.05) is 0 Å². The van der Waals surface area contributed by atoms with Crippen LogP contribution in [0.15, 0.2) is 29.6 Å². The molecule has 27 heavy (non-hydrogen) atoms. The standard InChI is InChI=1S/C18H19N3O5S/c1-10-13(8-16(22)23)20-18(11(2)17(10)26-4)27(24)21-9-19-14-7-12(25-3)5-6-15(14)21/h5-7,9H,8H2,1-4H3,(H,22,23). The van der Waals surface area contributed by atoms with E-state index in [2.05, 4.69) is 9.97 Å². The van der Waals surface area contributed by atoms with Crippen molar-refractivity contribution in [1.29, 1.82) is 0 Å². The number of benzene rings is 1. The molecule has 1 atom stereocenters. The lowest BCUT2D eigenvalue weighted by molar-refractivity contribution is -0.136. The van der Waals surface area contributed by atoms with Gasteiger partial charge in [0.15, 0.2) is 16.0 Å². The Morgan fingerprint density at radius 2 is 1.96 bits per heavy atom. The third-order valence-corrected chi connectivity index (χ3v) is 5.64. The number of rotatable bonds is 6. The molecule has 0 radical (unpaired) electrons. The molecule has 0 aliphatic heterocycles. The zero-order valence-corrected chi connectivity index (χ0v) is 16.2. The van der Waals surface area contributed by atoms with Crippen LogP contribution < -0.4 is 9.47 Å². The summed E-state index contributed by atoms with van der Waals surface area (Å²) in [5.41, 5.74) is 2.82. The van der Waals surface area contributed by atoms with Crippen molar-refractivity contribution in [3.05, 3.63) is 41.3 Å². The average molecular weight is 389 g/mol. The van der Waals surface area contributed by atoms with Gasteiger partial charge < -0.3 is 14.6 Å². The second-order valence-electron chi connectivity index (χ2n) is 5.89. The van der Waals surface area contributed by atoms with E-state index in [0.717, 1.165) is 0 Å². The van der Waals surface area contributed by atoms with E-state index in [-0.39, 0.29) is 11.4 Å². The molecule has 0 saturated heterocycles. The van der Waals surface area contributed by atoms with Gasteiger partial charge in [-0.25, -0.2) is 18.1 Å². The summed E-state index contributed by atoms with van der Waals surface area (Å²) in [6, 6.07) is 5.26. The number of fused-ring (bicyclic) bond motifs is 1. The van der Waals surface area contributed by atoms with Crippen molar-refractivity contribution in [3.63, 3.8) is 0 Å². The number of carboxylic acids is 1. The molecule has 2 aromatic heterocycles. The maximum absolute atomic E-state index is 13.3. The van der Waals surface area contributed by atoms with Crippen LogP contribution in [0.25, 0.3) is 11.0 Å². The van der Waals surface area contributed by atoms with Crippen LogP contribution in [0.2, 0.25) is 0 Å². The van der Waals surface area contributed by atoms with Crippen molar-refractivity contribution in [2.75, 3.05) is 14.2 Å². The molecule has 0 amide bonds. The summed E-state index contributed by atoms with van der Waals surface area (Å²) in [5.74, 6) is 0.109. The van der Waals surface area contributed by atoms with Crippen molar-refractivity contribution in [1.82, 2.24) is 13.9 Å². The van der Waals surface area contributed by atoms with Gasteiger partial charge in [0.2, 0.25) is 0 Å². The highest BCUT2D eigenvalue weighted by Crippen LogP contribution is 2.30. The molecule has 3 aromatic rings. The Morgan fingerprint density at radius 3 is 2.59 bits per heavy atom. The van der Waals surface area contributed by atoms with Crippen molar-refractivity contribution in [3.8, 4) is 11.5 Å². The fraction of sp³-hybridized carbons (Fsp3) is 0.278. The number of ether oxygens (including phenoxy) is 2. The number of nitrogens with zero attached hydrogens (tertiary/aromatic N) is 3. The molecule has 0 bridgehead atoms. The minimum Gasteiger partial charge on any atom is -0.497 e. The predicted octanol–water partition coefficient (Wildman–Crippen LogP) is 2.26. The van der Waals surface area contributed by atoms with Crippen LogP contribution in [0.5, 0.6) is 11.5 Å². The quantitative estimate of drug-likeness (QED) is 0.690. The van der Waals surface area contributed by atoms with Crippen LogP contribution in [0.3, 0.4) is 0 Å². The van der Waals surface area contributed by atoms with Crippen LogP contribution in [0.1, 0.15) is 16.8 Å². The number of hydrogen-bond donors (Lipinski definition) is 1. The lowest BCUT2D eigenvalue weighted by atomic mass is 10.1. The molecular formula is C18H19N3O5S. The lowest BCUT2D eigenvalue weighted by Crippen LogP contribution is -2.13. The van der Waals surface area contributed by atoms with Gasteiger partial charge in [-0.15, -0.1) is 0 Å². The highest BCUT2D eigenvalue weighted by molar-refractivity contribution is 7.83. The molecule has 0 aliphatic carbocycles. The summed E-state index contributed by atoms with van der Waals surface area (Å²) >= 11 is 0. The first kappa shape index (κ1) is 18.8. The topological polar surface area (TPSA) is 104 Å². The van der Waals surface area contributed by atoms with Crippen LogP contribution in [0.4, 0.5) is 0 Å². The number of imidazole rings is 1. The van der Waals surface area contributed by atoms with Gasteiger partial charge in [0.25, 0.3) is 0 Å². The number of pyridine rings is 1. The Hall–Kier alpha value is -2.94. The monoisotopic (exact) mass is 389 g/mol. The maximum Gasteiger partial charge on any atom is 0.309 e. The molecule has 1 N–H and O–H groups in total. The second kappa shape index (κ2) is 7.36. The van der Waals surface area contributed by atoms with Crippen molar-refractivity contribution in [2.24, 2.45) is 0 Å². The molecule has 2 heterocycles. The third kappa shape index (κ3) is 3.37. The molecule has 1 unspecified atom stereocenters. The van der Waals surface area contributed by atoms with E-state index in [9.17, 15) is 9.00 Å². The summed E-state index contributed by atoms with van der Waals surface area (Å²) in [5, 5.41) is 9.38. The van der Waals surface area contributed by atoms with E-state index >= 15 is 0 Å². The minimum absolute atomic E-state index is 0.240. The average Bonchev–Trinajstić information content (AvgIpc) is 3.06. The normalized spacial score (nSPS) is 12.1. The summed E-state index contributed by atoms with van der Waals surface area (Å²) in [6.07, 6.45) is 1.18. The number of carboxylic acid groups (broad SMARTS) is 1. The summed E-state index contributed by atoms with van der Waals surface area (Å²) in [6.45, 7) is 3.49. The van der Waals surface area contributed by atoms with Crippen molar-refractivity contribution >= 4 is 28.0 Å². The van der Waals surface area contributed by atoms with Crippen LogP contribution in [-0.4, -0.2) is 43.4 Å². The maximum atomic E-state index is 13.3. The highest BCUT2D eigenvalue weighted by Gasteiger charge is 2.22. The van der Waals surface area contributed by atoms with E-state index in [4.69, 9.17) is 14.6 Å². The fourth-order valence-corrected chi connectivity index (χ4v) is 4.11. The minimum atomic E-state index is -1.73. The molecular weight excluding hydrogens is 370 g/mol. The second-order valence-corrected chi connectivity index (χ2v) is 7.17. The first-order valence-electron chi connectivity index (χ1n) is 8.06. The van der Waals surface area contributed by atoms with Gasteiger partial charge in [0.1, 0.15) is 17.8 Å². The molecule has 0 saturated carbocycles. The number of methoxy groups -OCH3 is 2. The smallest absolute Gasteiger partial charge is 0.309 e. The zero-order chi connectivity index (χ0) is 19.7. The van der Waals surface area contributed by atoms with E-state index in [1.54, 1.807) is 39.2 Å². The van der Waals surface area contributed by atoms with Crippen LogP contribution in [-0.2, 0) is 22.2 Å². The fourth-order valence-electron chi connectivity index (χ4n) is 2.91. The molecule has 8 nitrogen and oxygen atoms in total. The molecule has 1 aromatic carbocycles. The first-order chi connectivity index (χ1) is 12.9. The largest absolute Gasteiger partial charge is 0.497 e. The molecule has 0 aliphatic rings. The first-order valence-corrected chi connectivity index (χ1v) is 9.17. The van der Waals surface area contributed by atoms with Crippen LogP contribution >= 0.6 is 0 Å². The van der Waals surface area contributed by atoms with Gasteiger partial charge in [-0.2, -0.15) is 0 Å². The molecule has 0 fully saturated rings. The van der Waals surface area contributed by atoms with Crippen molar-refractivity contribution < 1.29 is 23.6 Å². The molecule has 0 spiro atoms. The Morgan fingerprint density at radius 1 is 1.22 bits per heavy atom. The highest BCUT2D eigenvalue weighted by atomic mass is 32.2. The van der Waals surface area contributed by atoms with Gasteiger partial charge in [0.05, 0.1) is 37.4 Å². The predicted molar refractivity (Wildman–Crippen MR) is 99.7 cm³/mol. The van der Waals surface area contributed by atoms with Gasteiger partial charge in [0, 0.05) is 17.2 Å². The third-order valence-electron chi connectivity index (χ3n) is 4.26. The van der Waals surface area contributed by atoms with Gasteiger partial charge in [-0.05, 0) is 26.0 Å². The van der Waals surface area contributed by atoms with Gasteiger partial charge >= 0.3 is 5.97 Å². The summed E-state index contributed by atoms with van der Waals surface area (Å²) in [4.78, 5) is 19.8. The number of aromatic nitrogens is 3. The summed E-state index contributed by atoms with van der Waals surface area (Å²) in [7, 11) is 1.33. The Bertz CT molecular complexity index is 1060. The number of hydrogen-bond acceptors (Lipinski definition) is 6. The zero-order valence-electron chi connectivity index (χ0n) is 15.3. The van der Waals surface area contributed by atoms with Gasteiger partial charge in [-0.3, -0.25) is 4.79 Å². The Balaban J connectivity index is 2.15. The molecule has 9 heteroatoms.